The van der Waals surface area contributed by atoms with E-state index in [0.29, 0.717) is 5.56 Å². The Morgan fingerprint density at radius 3 is 2.23 bits per heavy atom. The van der Waals surface area contributed by atoms with E-state index < -0.39 is 34.3 Å². The average molecular weight is 407 g/mol. The summed E-state index contributed by atoms with van der Waals surface area (Å²) in [6.45, 7) is 0. The minimum Gasteiger partial charge on any atom is -0.340 e. The van der Waals surface area contributed by atoms with Gasteiger partial charge in [0.15, 0.2) is 0 Å². The van der Waals surface area contributed by atoms with Crippen molar-refractivity contribution in [2.24, 2.45) is 0 Å². The highest BCUT2D eigenvalue weighted by molar-refractivity contribution is 6.01. The maximum atomic E-state index is 13.6. The number of carbonyl (C=O) groups is 2. The van der Waals surface area contributed by atoms with E-state index in [-0.39, 0.29) is 12.1 Å². The second kappa shape index (κ2) is 9.42. The van der Waals surface area contributed by atoms with Crippen LogP contribution in [0, 0.1) is 15.9 Å². The Kier molecular flexibility index (Phi) is 6.49. The molecule has 2 amide bonds. The summed E-state index contributed by atoms with van der Waals surface area (Å²) >= 11 is 0. The van der Waals surface area contributed by atoms with Crippen LogP contribution in [0.15, 0.2) is 78.9 Å². The minimum atomic E-state index is -1.00. The highest BCUT2D eigenvalue weighted by atomic mass is 19.1. The molecule has 0 aliphatic heterocycles. The first kappa shape index (κ1) is 20.7. The van der Waals surface area contributed by atoms with Crippen LogP contribution >= 0.6 is 0 Å². The van der Waals surface area contributed by atoms with Crippen molar-refractivity contribution in [3.8, 4) is 0 Å². The molecule has 0 spiro atoms. The number of rotatable bonds is 7. The molecule has 7 nitrogen and oxygen atoms in total. The topological polar surface area (TPSA) is 101 Å². The van der Waals surface area contributed by atoms with Crippen LogP contribution in [-0.2, 0) is 11.2 Å². The van der Waals surface area contributed by atoms with E-state index in [1.165, 1.54) is 6.07 Å². The molecule has 0 aliphatic carbocycles. The van der Waals surface area contributed by atoms with Gasteiger partial charge in [0.05, 0.1) is 4.92 Å². The average Bonchev–Trinajstić information content (AvgIpc) is 2.75. The van der Waals surface area contributed by atoms with Crippen molar-refractivity contribution in [1.82, 2.24) is 5.32 Å². The maximum absolute atomic E-state index is 13.6. The van der Waals surface area contributed by atoms with E-state index in [2.05, 4.69) is 10.6 Å². The highest BCUT2D eigenvalue weighted by Crippen LogP contribution is 2.22. The fraction of sp³-hybridized carbons (Fsp3) is 0.0909. The molecule has 0 heterocycles. The van der Waals surface area contributed by atoms with Crippen LogP contribution in [0.2, 0.25) is 0 Å². The third-order valence-electron chi connectivity index (χ3n) is 4.35. The summed E-state index contributed by atoms with van der Waals surface area (Å²) in [5.74, 6) is -2.02. The van der Waals surface area contributed by atoms with E-state index in [1.54, 1.807) is 30.3 Å². The molecule has 30 heavy (non-hydrogen) atoms. The number of nitrogens with zero attached hydrogens (tertiary/aromatic N) is 1. The SMILES string of the molecule is O=C(N[C@H](Cc1ccccc1)C(=O)Nc1ccc(F)c([N+](=O)[O-])c1)c1ccccc1. The molecule has 0 aliphatic rings. The summed E-state index contributed by atoms with van der Waals surface area (Å²) in [5.41, 5.74) is 0.512. The Morgan fingerprint density at radius 1 is 0.967 bits per heavy atom. The second-order valence-corrected chi connectivity index (χ2v) is 6.49. The Balaban J connectivity index is 1.81. The molecule has 8 heteroatoms. The third-order valence-corrected chi connectivity index (χ3v) is 4.35. The Morgan fingerprint density at radius 2 is 1.60 bits per heavy atom. The minimum absolute atomic E-state index is 0.0557. The molecule has 0 unspecified atom stereocenters. The van der Waals surface area contributed by atoms with Gasteiger partial charge in [-0.1, -0.05) is 48.5 Å². The normalized spacial score (nSPS) is 11.4. The first-order valence-corrected chi connectivity index (χ1v) is 9.08. The van der Waals surface area contributed by atoms with Crippen LogP contribution in [0.1, 0.15) is 15.9 Å². The number of nitro groups is 1. The van der Waals surface area contributed by atoms with E-state index in [9.17, 15) is 24.1 Å². The smallest absolute Gasteiger partial charge is 0.306 e. The number of anilines is 1. The van der Waals surface area contributed by atoms with Crippen molar-refractivity contribution < 1.29 is 18.9 Å². The fourth-order valence-corrected chi connectivity index (χ4v) is 2.85. The molecule has 0 radical (unpaired) electrons. The van der Waals surface area contributed by atoms with E-state index in [0.717, 1.165) is 17.7 Å². The molecular formula is C22H18FN3O4. The van der Waals surface area contributed by atoms with Gasteiger partial charge < -0.3 is 10.6 Å². The predicted molar refractivity (Wildman–Crippen MR) is 110 cm³/mol. The zero-order valence-corrected chi connectivity index (χ0v) is 15.7. The zero-order valence-electron chi connectivity index (χ0n) is 15.7. The summed E-state index contributed by atoms with van der Waals surface area (Å²) in [6, 6.07) is 19.6. The lowest BCUT2D eigenvalue weighted by atomic mass is 10.0. The van der Waals surface area contributed by atoms with E-state index in [1.807, 2.05) is 30.3 Å². The van der Waals surface area contributed by atoms with Gasteiger partial charge in [0.25, 0.3) is 5.91 Å². The maximum Gasteiger partial charge on any atom is 0.306 e. The summed E-state index contributed by atoms with van der Waals surface area (Å²) < 4.78 is 13.6. The van der Waals surface area contributed by atoms with Gasteiger partial charge >= 0.3 is 5.69 Å². The van der Waals surface area contributed by atoms with Crippen LogP contribution in [0.3, 0.4) is 0 Å². The Bertz CT molecular complexity index is 1060. The monoisotopic (exact) mass is 407 g/mol. The molecule has 1 atom stereocenters. The number of nitro benzene ring substituents is 1. The van der Waals surface area contributed by atoms with E-state index >= 15 is 0 Å². The molecule has 0 saturated carbocycles. The summed E-state index contributed by atoms with van der Waals surface area (Å²) in [5, 5.41) is 16.1. The zero-order chi connectivity index (χ0) is 21.5. The lowest BCUT2D eigenvalue weighted by molar-refractivity contribution is -0.387. The molecule has 0 fully saturated rings. The fourth-order valence-electron chi connectivity index (χ4n) is 2.85. The largest absolute Gasteiger partial charge is 0.340 e. The van der Waals surface area contributed by atoms with Crippen molar-refractivity contribution in [3.05, 3.63) is 106 Å². The molecule has 3 rings (SSSR count). The second-order valence-electron chi connectivity index (χ2n) is 6.49. The van der Waals surface area contributed by atoms with Gasteiger partial charge in [-0.2, -0.15) is 4.39 Å². The van der Waals surface area contributed by atoms with E-state index in [4.69, 9.17) is 0 Å². The van der Waals surface area contributed by atoms with Gasteiger partial charge in [0, 0.05) is 23.7 Å². The van der Waals surface area contributed by atoms with Crippen LogP contribution in [0.25, 0.3) is 0 Å². The molecular weight excluding hydrogens is 389 g/mol. The van der Waals surface area contributed by atoms with Crippen molar-refractivity contribution in [3.63, 3.8) is 0 Å². The van der Waals surface area contributed by atoms with Crippen molar-refractivity contribution in [2.45, 2.75) is 12.5 Å². The number of hydrogen-bond donors (Lipinski definition) is 2. The lowest BCUT2D eigenvalue weighted by Gasteiger charge is -2.19. The molecule has 2 N–H and O–H groups in total. The first-order valence-electron chi connectivity index (χ1n) is 9.08. The molecule has 3 aromatic rings. The number of hydrogen-bond acceptors (Lipinski definition) is 4. The summed E-state index contributed by atoms with van der Waals surface area (Å²) in [7, 11) is 0. The van der Waals surface area contributed by atoms with Crippen molar-refractivity contribution >= 4 is 23.2 Å². The Hall–Kier alpha value is -4.07. The highest BCUT2D eigenvalue weighted by Gasteiger charge is 2.23. The molecule has 0 aromatic heterocycles. The van der Waals surface area contributed by atoms with Gasteiger partial charge in [0.1, 0.15) is 6.04 Å². The van der Waals surface area contributed by atoms with Crippen molar-refractivity contribution in [2.75, 3.05) is 5.32 Å². The standard InChI is InChI=1S/C22H18FN3O4/c23-18-12-11-17(14-20(18)26(29)30)24-22(28)19(13-15-7-3-1-4-8-15)25-21(27)16-9-5-2-6-10-16/h1-12,14,19H,13H2,(H,24,28)(H,25,27)/t19-/m1/s1. The molecule has 3 aromatic carbocycles. The number of carbonyl (C=O) groups excluding carboxylic acids is 2. The van der Waals surface area contributed by atoms with Gasteiger partial charge in [-0.25, -0.2) is 0 Å². The van der Waals surface area contributed by atoms with Gasteiger partial charge in [-0.15, -0.1) is 0 Å². The number of benzene rings is 3. The van der Waals surface area contributed by atoms with Gasteiger partial charge in [0.2, 0.25) is 11.7 Å². The van der Waals surface area contributed by atoms with Gasteiger partial charge in [-0.05, 0) is 29.8 Å². The quantitative estimate of drug-likeness (QED) is 0.460. The summed E-state index contributed by atoms with van der Waals surface area (Å²) in [6.07, 6.45) is 0.203. The van der Waals surface area contributed by atoms with Crippen LogP contribution in [0.4, 0.5) is 15.8 Å². The van der Waals surface area contributed by atoms with Crippen molar-refractivity contribution in [1.29, 1.82) is 0 Å². The molecule has 0 saturated heterocycles. The predicted octanol–water partition coefficient (Wildman–Crippen LogP) is 3.71. The number of nitrogens with one attached hydrogen (secondary N) is 2. The molecule has 152 valence electrons. The number of halogens is 1. The third kappa shape index (κ3) is 5.26. The number of amides is 2. The van der Waals surface area contributed by atoms with Crippen LogP contribution < -0.4 is 10.6 Å². The molecule has 0 bridgehead atoms. The van der Waals surface area contributed by atoms with Crippen LogP contribution in [0.5, 0.6) is 0 Å². The first-order chi connectivity index (χ1) is 14.4. The van der Waals surface area contributed by atoms with Gasteiger partial charge in [-0.3, -0.25) is 19.7 Å². The van der Waals surface area contributed by atoms with Crippen LogP contribution in [-0.4, -0.2) is 22.8 Å². The Labute approximate surface area is 171 Å². The summed E-state index contributed by atoms with van der Waals surface area (Å²) in [4.78, 5) is 35.5. The lowest BCUT2D eigenvalue weighted by Crippen LogP contribution is -2.45.